The van der Waals surface area contributed by atoms with Crippen LogP contribution in [0.1, 0.15) is 31.9 Å². The van der Waals surface area contributed by atoms with Gasteiger partial charge in [0, 0.05) is 42.3 Å². The largest absolute Gasteiger partial charge is 0.504 e. The van der Waals surface area contributed by atoms with Crippen molar-refractivity contribution >= 4 is 15.9 Å². The fourth-order valence-corrected chi connectivity index (χ4v) is 3.48. The molecule has 0 aromatic heterocycles. The fraction of sp³-hybridized carbons (Fsp3) is 0.625. The van der Waals surface area contributed by atoms with E-state index in [2.05, 4.69) is 40.0 Å². The summed E-state index contributed by atoms with van der Waals surface area (Å²) < 4.78 is 6.25. The minimum absolute atomic E-state index is 0.212. The van der Waals surface area contributed by atoms with Crippen LogP contribution in [0.4, 0.5) is 0 Å². The minimum Gasteiger partial charge on any atom is -0.504 e. The van der Waals surface area contributed by atoms with Crippen LogP contribution < -0.4 is 10.1 Å². The molecule has 1 saturated heterocycles. The third-order valence-electron chi connectivity index (χ3n) is 4.34. The van der Waals surface area contributed by atoms with Crippen LogP contribution in [0.15, 0.2) is 16.6 Å². The molecule has 1 fully saturated rings. The van der Waals surface area contributed by atoms with Crippen LogP contribution in [0.5, 0.6) is 11.5 Å². The standard InChI is InChI=1S/C16H25BrN2O2/c1-4-11(2)15(19-7-5-18-6-8-19)13-9-12(17)10-14(21-3)16(13)20/h9-11,15,18,20H,4-8H2,1-3H3/t11?,15-/m0/s1. The lowest BCUT2D eigenvalue weighted by Gasteiger charge is -2.38. The summed E-state index contributed by atoms with van der Waals surface area (Å²) in [6, 6.07) is 4.05. The van der Waals surface area contributed by atoms with Gasteiger partial charge < -0.3 is 15.2 Å². The number of hydrogen-bond acceptors (Lipinski definition) is 4. The maximum Gasteiger partial charge on any atom is 0.162 e. The highest BCUT2D eigenvalue weighted by Gasteiger charge is 2.29. The maximum absolute atomic E-state index is 10.6. The Kier molecular flexibility index (Phi) is 5.90. The number of benzene rings is 1. The third-order valence-corrected chi connectivity index (χ3v) is 4.79. The first-order valence-electron chi connectivity index (χ1n) is 7.59. The first-order chi connectivity index (χ1) is 10.1. The second kappa shape index (κ2) is 7.47. The number of methoxy groups -OCH3 is 1. The van der Waals surface area contributed by atoms with E-state index in [0.717, 1.165) is 42.6 Å². The molecule has 2 atom stereocenters. The monoisotopic (exact) mass is 356 g/mol. The van der Waals surface area contributed by atoms with E-state index in [9.17, 15) is 5.11 Å². The molecule has 21 heavy (non-hydrogen) atoms. The number of nitrogens with zero attached hydrogens (tertiary/aromatic N) is 1. The van der Waals surface area contributed by atoms with E-state index < -0.39 is 0 Å². The molecule has 5 heteroatoms. The molecule has 2 rings (SSSR count). The normalized spacial score (nSPS) is 19.2. The van der Waals surface area contributed by atoms with Crippen molar-refractivity contribution in [2.75, 3.05) is 33.3 Å². The van der Waals surface area contributed by atoms with E-state index in [0.29, 0.717) is 11.7 Å². The molecular formula is C16H25BrN2O2. The van der Waals surface area contributed by atoms with Crippen molar-refractivity contribution in [3.8, 4) is 11.5 Å². The van der Waals surface area contributed by atoms with Crippen molar-refractivity contribution in [2.24, 2.45) is 5.92 Å². The molecule has 1 aromatic rings. The Morgan fingerprint density at radius 1 is 1.38 bits per heavy atom. The number of hydrogen-bond donors (Lipinski definition) is 2. The summed E-state index contributed by atoms with van der Waals surface area (Å²) in [5.41, 5.74) is 0.956. The number of aromatic hydroxyl groups is 1. The van der Waals surface area contributed by atoms with E-state index in [-0.39, 0.29) is 11.8 Å². The second-order valence-corrected chi connectivity index (χ2v) is 6.58. The van der Waals surface area contributed by atoms with E-state index in [1.165, 1.54) is 0 Å². The molecule has 2 N–H and O–H groups in total. The van der Waals surface area contributed by atoms with Crippen LogP contribution in [-0.2, 0) is 0 Å². The van der Waals surface area contributed by atoms with Crippen molar-refractivity contribution in [2.45, 2.75) is 26.3 Å². The molecule has 1 heterocycles. The Labute approximate surface area is 135 Å². The van der Waals surface area contributed by atoms with Crippen LogP contribution in [0.2, 0.25) is 0 Å². The van der Waals surface area contributed by atoms with Gasteiger partial charge >= 0.3 is 0 Å². The van der Waals surface area contributed by atoms with Crippen molar-refractivity contribution in [1.82, 2.24) is 10.2 Å². The SMILES string of the molecule is CCC(C)[C@@H](c1cc(Br)cc(OC)c1O)N1CCNCC1. The van der Waals surface area contributed by atoms with E-state index in [1.54, 1.807) is 7.11 Å². The molecular weight excluding hydrogens is 332 g/mol. The predicted molar refractivity (Wildman–Crippen MR) is 89.0 cm³/mol. The summed E-state index contributed by atoms with van der Waals surface area (Å²) in [5, 5.41) is 14.0. The molecule has 1 unspecified atom stereocenters. The zero-order valence-corrected chi connectivity index (χ0v) is 14.6. The Balaban J connectivity index is 2.42. The van der Waals surface area contributed by atoms with Gasteiger partial charge in [0.2, 0.25) is 0 Å². The lowest BCUT2D eigenvalue weighted by Crippen LogP contribution is -2.46. The van der Waals surface area contributed by atoms with Gasteiger partial charge in [-0.15, -0.1) is 0 Å². The van der Waals surface area contributed by atoms with Gasteiger partial charge in [-0.2, -0.15) is 0 Å². The van der Waals surface area contributed by atoms with Gasteiger partial charge in [0.25, 0.3) is 0 Å². The molecule has 0 radical (unpaired) electrons. The maximum atomic E-state index is 10.6. The molecule has 1 aliphatic heterocycles. The number of rotatable bonds is 5. The number of phenols is 1. The summed E-state index contributed by atoms with van der Waals surface area (Å²) in [6.07, 6.45) is 1.07. The zero-order chi connectivity index (χ0) is 15.4. The molecule has 0 aliphatic carbocycles. The molecule has 0 spiro atoms. The van der Waals surface area contributed by atoms with Gasteiger partial charge in [0.15, 0.2) is 11.5 Å². The van der Waals surface area contributed by atoms with Crippen LogP contribution in [-0.4, -0.2) is 43.3 Å². The number of nitrogens with one attached hydrogen (secondary N) is 1. The highest BCUT2D eigenvalue weighted by Crippen LogP contribution is 2.42. The molecule has 1 aromatic carbocycles. The zero-order valence-electron chi connectivity index (χ0n) is 13.0. The average Bonchev–Trinajstić information content (AvgIpc) is 2.51. The Bertz CT molecular complexity index is 476. The molecule has 0 saturated carbocycles. The smallest absolute Gasteiger partial charge is 0.162 e. The summed E-state index contributed by atoms with van der Waals surface area (Å²) in [7, 11) is 1.59. The van der Waals surface area contributed by atoms with Gasteiger partial charge in [0.05, 0.1) is 7.11 Å². The number of piperazine rings is 1. The highest BCUT2D eigenvalue weighted by atomic mass is 79.9. The van der Waals surface area contributed by atoms with Gasteiger partial charge in [0.1, 0.15) is 0 Å². The molecule has 0 bridgehead atoms. The van der Waals surface area contributed by atoms with E-state index >= 15 is 0 Å². The lowest BCUT2D eigenvalue weighted by atomic mass is 9.89. The van der Waals surface area contributed by atoms with Crippen LogP contribution in [0.3, 0.4) is 0 Å². The Morgan fingerprint density at radius 2 is 2.05 bits per heavy atom. The summed E-state index contributed by atoms with van der Waals surface area (Å²) in [6.45, 7) is 8.45. The molecule has 4 nitrogen and oxygen atoms in total. The summed E-state index contributed by atoms with van der Waals surface area (Å²) in [4.78, 5) is 2.46. The Morgan fingerprint density at radius 3 is 2.62 bits per heavy atom. The van der Waals surface area contributed by atoms with Crippen molar-refractivity contribution in [3.05, 3.63) is 22.2 Å². The second-order valence-electron chi connectivity index (χ2n) is 5.66. The van der Waals surface area contributed by atoms with E-state index in [4.69, 9.17) is 4.74 Å². The number of phenolic OH excluding ortho intramolecular Hbond substituents is 1. The number of ether oxygens (including phenoxy) is 1. The summed E-state index contributed by atoms with van der Waals surface area (Å²) >= 11 is 3.53. The highest BCUT2D eigenvalue weighted by molar-refractivity contribution is 9.10. The van der Waals surface area contributed by atoms with E-state index in [1.807, 2.05) is 12.1 Å². The van der Waals surface area contributed by atoms with Crippen LogP contribution >= 0.6 is 15.9 Å². The minimum atomic E-state index is 0.212. The quantitative estimate of drug-likeness (QED) is 0.850. The van der Waals surface area contributed by atoms with Gasteiger partial charge in [-0.05, 0) is 18.1 Å². The fourth-order valence-electron chi connectivity index (χ4n) is 3.02. The van der Waals surface area contributed by atoms with Gasteiger partial charge in [-0.25, -0.2) is 0 Å². The third kappa shape index (κ3) is 3.71. The molecule has 1 aliphatic rings. The first-order valence-corrected chi connectivity index (χ1v) is 8.39. The van der Waals surface area contributed by atoms with Crippen molar-refractivity contribution in [3.63, 3.8) is 0 Å². The average molecular weight is 357 g/mol. The van der Waals surface area contributed by atoms with Crippen molar-refractivity contribution < 1.29 is 9.84 Å². The molecule has 118 valence electrons. The summed E-state index contributed by atoms with van der Waals surface area (Å²) in [5.74, 6) is 1.26. The van der Waals surface area contributed by atoms with Crippen LogP contribution in [0.25, 0.3) is 0 Å². The first kappa shape index (κ1) is 16.6. The number of halogens is 1. The molecule has 0 amide bonds. The van der Waals surface area contributed by atoms with Crippen LogP contribution in [0, 0.1) is 5.92 Å². The van der Waals surface area contributed by atoms with Gasteiger partial charge in [-0.1, -0.05) is 36.2 Å². The Hall–Kier alpha value is -0.780. The predicted octanol–water partition coefficient (Wildman–Crippen LogP) is 3.16. The topological polar surface area (TPSA) is 44.7 Å². The van der Waals surface area contributed by atoms with Crippen molar-refractivity contribution in [1.29, 1.82) is 0 Å². The van der Waals surface area contributed by atoms with Gasteiger partial charge in [-0.3, -0.25) is 4.90 Å². The lowest BCUT2D eigenvalue weighted by molar-refractivity contribution is 0.126.